The molecular formula is C33H40N2O6. The molecule has 5 fully saturated rings. The lowest BCUT2D eigenvalue weighted by Crippen LogP contribution is -2.44. The molecule has 4 amide bonds. The molecule has 0 aromatic heterocycles. The minimum absolute atomic E-state index is 0.0381. The van der Waals surface area contributed by atoms with Crippen LogP contribution < -0.4 is 4.74 Å². The number of carbonyl (C=O) groups excluding carboxylic acids is 4. The quantitative estimate of drug-likeness (QED) is 0.423. The Morgan fingerprint density at radius 3 is 1.93 bits per heavy atom. The van der Waals surface area contributed by atoms with Gasteiger partial charge in [0.2, 0.25) is 23.6 Å². The van der Waals surface area contributed by atoms with Crippen molar-refractivity contribution in [2.75, 3.05) is 7.11 Å². The van der Waals surface area contributed by atoms with Gasteiger partial charge in [0.15, 0.2) is 0 Å². The van der Waals surface area contributed by atoms with Crippen LogP contribution in [0.15, 0.2) is 29.8 Å². The minimum atomic E-state index is -0.636. The largest absolute Gasteiger partial charge is 0.508 e. The van der Waals surface area contributed by atoms with Crippen molar-refractivity contribution in [3.63, 3.8) is 0 Å². The number of hydrogen-bond donors (Lipinski definition) is 1. The van der Waals surface area contributed by atoms with Crippen LogP contribution in [-0.4, -0.2) is 57.7 Å². The molecule has 0 unspecified atom stereocenters. The minimum Gasteiger partial charge on any atom is -0.508 e. The van der Waals surface area contributed by atoms with Crippen molar-refractivity contribution >= 4 is 23.6 Å². The molecule has 6 atom stereocenters. The number of rotatable bonds is 4. The molecule has 1 aromatic rings. The summed E-state index contributed by atoms with van der Waals surface area (Å²) in [7, 11) is 1.56. The number of likely N-dealkylation sites (tertiary alicyclic amines) is 2. The van der Waals surface area contributed by atoms with Gasteiger partial charge in [-0.05, 0) is 62.6 Å². The van der Waals surface area contributed by atoms with Crippen LogP contribution in [0.4, 0.5) is 0 Å². The number of imide groups is 2. The second-order valence-corrected chi connectivity index (χ2v) is 13.1. The number of allylic oxidation sites excluding steroid dienone is 2. The second kappa shape index (κ2) is 10.3. The predicted octanol–water partition coefficient (Wildman–Crippen LogP) is 4.70. The van der Waals surface area contributed by atoms with E-state index in [1.807, 2.05) is 0 Å². The lowest BCUT2D eigenvalue weighted by atomic mass is 9.57. The van der Waals surface area contributed by atoms with E-state index in [2.05, 4.69) is 6.08 Å². The molecular weight excluding hydrogens is 520 g/mol. The van der Waals surface area contributed by atoms with Crippen LogP contribution in [0.3, 0.4) is 0 Å². The Kier molecular flexibility index (Phi) is 6.70. The van der Waals surface area contributed by atoms with Gasteiger partial charge in [0.25, 0.3) is 0 Å². The van der Waals surface area contributed by atoms with Gasteiger partial charge in [0.05, 0.1) is 30.8 Å². The van der Waals surface area contributed by atoms with Gasteiger partial charge in [0.1, 0.15) is 11.5 Å². The highest BCUT2D eigenvalue weighted by atomic mass is 16.5. The third-order valence-corrected chi connectivity index (χ3v) is 11.2. The maximum atomic E-state index is 14.2. The maximum Gasteiger partial charge on any atom is 0.234 e. The van der Waals surface area contributed by atoms with Crippen LogP contribution >= 0.6 is 0 Å². The van der Waals surface area contributed by atoms with Gasteiger partial charge < -0.3 is 9.84 Å². The molecule has 4 aliphatic carbocycles. The van der Waals surface area contributed by atoms with Crippen molar-refractivity contribution in [3.05, 3.63) is 35.4 Å². The smallest absolute Gasteiger partial charge is 0.234 e. The first-order valence-corrected chi connectivity index (χ1v) is 15.7. The first-order valence-electron chi connectivity index (χ1n) is 15.7. The Hall–Kier alpha value is -3.16. The number of carbonyl (C=O) groups is 4. The number of phenolic OH excluding ortho intramolecular Hbond substituents is 1. The molecule has 7 rings (SSSR count). The van der Waals surface area contributed by atoms with Crippen molar-refractivity contribution in [2.45, 2.75) is 95.1 Å². The summed E-state index contributed by atoms with van der Waals surface area (Å²) in [6.07, 6.45) is 12.6. The topological polar surface area (TPSA) is 104 Å². The summed E-state index contributed by atoms with van der Waals surface area (Å²) < 4.78 is 5.50. The van der Waals surface area contributed by atoms with Gasteiger partial charge in [-0.1, -0.05) is 50.2 Å². The number of phenols is 1. The molecule has 2 saturated heterocycles. The van der Waals surface area contributed by atoms with Crippen LogP contribution in [0.25, 0.3) is 0 Å². The number of ether oxygens (including phenoxy) is 1. The molecule has 2 aliphatic heterocycles. The summed E-state index contributed by atoms with van der Waals surface area (Å²) in [5.74, 6) is -2.88. The van der Waals surface area contributed by atoms with Gasteiger partial charge >= 0.3 is 0 Å². The highest BCUT2D eigenvalue weighted by Gasteiger charge is 2.63. The Balaban J connectivity index is 1.31. The van der Waals surface area contributed by atoms with Gasteiger partial charge in [-0.25, -0.2) is 0 Å². The molecule has 2 heterocycles. The van der Waals surface area contributed by atoms with Crippen molar-refractivity contribution in [1.29, 1.82) is 0 Å². The summed E-state index contributed by atoms with van der Waals surface area (Å²) in [6, 6.07) is 4.90. The number of fused-ring (bicyclic) bond motifs is 4. The van der Waals surface area contributed by atoms with Crippen molar-refractivity contribution < 1.29 is 29.0 Å². The molecule has 6 aliphatic rings. The summed E-state index contributed by atoms with van der Waals surface area (Å²) >= 11 is 0. The van der Waals surface area contributed by atoms with Gasteiger partial charge in [-0.15, -0.1) is 0 Å². The van der Waals surface area contributed by atoms with E-state index in [1.165, 1.54) is 0 Å². The molecule has 3 saturated carbocycles. The summed E-state index contributed by atoms with van der Waals surface area (Å²) in [6.45, 7) is 0. The molecule has 41 heavy (non-hydrogen) atoms. The molecule has 0 spiro atoms. The van der Waals surface area contributed by atoms with E-state index in [0.717, 1.165) is 69.8 Å². The molecule has 8 nitrogen and oxygen atoms in total. The van der Waals surface area contributed by atoms with Crippen LogP contribution in [0, 0.1) is 29.6 Å². The van der Waals surface area contributed by atoms with E-state index in [1.54, 1.807) is 35.1 Å². The number of hydrogen-bond acceptors (Lipinski definition) is 6. The normalized spacial score (nSPS) is 34.4. The van der Waals surface area contributed by atoms with E-state index < -0.39 is 29.6 Å². The number of nitrogens with zero attached hydrogens (tertiary/aromatic N) is 2. The third kappa shape index (κ3) is 4.07. The molecule has 1 aromatic carbocycles. The zero-order valence-electron chi connectivity index (χ0n) is 23.8. The average molecular weight is 561 g/mol. The maximum absolute atomic E-state index is 14.2. The van der Waals surface area contributed by atoms with Gasteiger partial charge in [-0.2, -0.15) is 0 Å². The lowest BCUT2D eigenvalue weighted by molar-refractivity contribution is -0.145. The molecule has 0 bridgehead atoms. The monoisotopic (exact) mass is 560 g/mol. The molecule has 218 valence electrons. The molecule has 8 heteroatoms. The first kappa shape index (κ1) is 26.7. The highest BCUT2D eigenvalue weighted by molar-refractivity contribution is 6.08. The zero-order chi connectivity index (χ0) is 28.4. The van der Waals surface area contributed by atoms with E-state index in [9.17, 15) is 24.3 Å². The lowest BCUT2D eigenvalue weighted by Gasteiger charge is -2.44. The predicted molar refractivity (Wildman–Crippen MR) is 150 cm³/mol. The fourth-order valence-corrected chi connectivity index (χ4v) is 9.29. The fourth-order valence-electron chi connectivity index (χ4n) is 9.29. The Bertz CT molecular complexity index is 1310. The zero-order valence-corrected chi connectivity index (χ0v) is 23.8. The van der Waals surface area contributed by atoms with E-state index in [4.69, 9.17) is 4.74 Å². The van der Waals surface area contributed by atoms with E-state index in [-0.39, 0.29) is 47.4 Å². The number of aromatic hydroxyl groups is 1. The standard InChI is InChI=1S/C33H40N2O6/c1-41-20-12-15-26(36)24(16-20)27-21-13-14-22-28(32(39)34(30(22)37)18-8-4-2-5-9-18)23(21)17-25-29(27)33(40)35(31(25)38)19-10-6-3-7-11-19/h12-13,15-16,18-19,22-23,25,27-29,36H,2-11,14,17H2,1H3/t22-,23+,25+,27+,28-,29+/m0/s1. The number of amides is 4. The van der Waals surface area contributed by atoms with Crippen LogP contribution in [0.2, 0.25) is 0 Å². The van der Waals surface area contributed by atoms with E-state index >= 15 is 0 Å². The summed E-state index contributed by atoms with van der Waals surface area (Å²) in [5.41, 5.74) is 1.48. The van der Waals surface area contributed by atoms with Crippen molar-refractivity contribution in [3.8, 4) is 11.5 Å². The van der Waals surface area contributed by atoms with Crippen LogP contribution in [-0.2, 0) is 19.2 Å². The second-order valence-electron chi connectivity index (χ2n) is 13.1. The first-order chi connectivity index (χ1) is 19.9. The SMILES string of the molecule is COc1ccc(O)c([C@H]2C3=CC[C@@H]4C(=O)N(C5CCCCC5)C(=O)[C@@H]4[C@@H]3C[C@H]3C(=O)N(C4CCCCC4)C(=O)[C@@H]23)c1. The molecule has 0 radical (unpaired) electrons. The summed E-state index contributed by atoms with van der Waals surface area (Å²) in [5, 5.41) is 11.1. The highest BCUT2D eigenvalue weighted by Crippen LogP contribution is 2.59. The molecule has 1 N–H and O–H groups in total. The third-order valence-electron chi connectivity index (χ3n) is 11.2. The van der Waals surface area contributed by atoms with Gasteiger partial charge in [-0.3, -0.25) is 29.0 Å². The van der Waals surface area contributed by atoms with Gasteiger partial charge in [0, 0.05) is 23.6 Å². The number of benzene rings is 1. The summed E-state index contributed by atoms with van der Waals surface area (Å²) in [4.78, 5) is 59.2. The Morgan fingerprint density at radius 1 is 0.732 bits per heavy atom. The fraction of sp³-hybridized carbons (Fsp3) is 0.636. The van der Waals surface area contributed by atoms with E-state index in [0.29, 0.717) is 24.2 Å². The van der Waals surface area contributed by atoms with Crippen molar-refractivity contribution in [1.82, 2.24) is 9.80 Å². The van der Waals surface area contributed by atoms with Crippen LogP contribution in [0.5, 0.6) is 11.5 Å². The Morgan fingerprint density at radius 2 is 1.32 bits per heavy atom. The van der Waals surface area contributed by atoms with Crippen LogP contribution in [0.1, 0.15) is 88.5 Å². The number of methoxy groups -OCH3 is 1. The Labute approximate surface area is 241 Å². The van der Waals surface area contributed by atoms with Crippen molar-refractivity contribution in [2.24, 2.45) is 29.6 Å². The average Bonchev–Trinajstić information content (AvgIpc) is 3.41.